The molecule has 6 nitrogen and oxygen atoms in total. The zero-order valence-corrected chi connectivity index (χ0v) is 23.8. The van der Waals surface area contributed by atoms with E-state index >= 15 is 0 Å². The summed E-state index contributed by atoms with van der Waals surface area (Å²) in [5, 5.41) is 13.3. The Labute approximate surface area is 231 Å². The number of nitrogens with two attached hydrogens (primary N) is 1. The van der Waals surface area contributed by atoms with E-state index in [2.05, 4.69) is 86.2 Å². The van der Waals surface area contributed by atoms with Gasteiger partial charge in [-0.25, -0.2) is 4.79 Å². The maximum atomic E-state index is 12.4. The molecule has 0 radical (unpaired) electrons. The fourth-order valence-corrected chi connectivity index (χ4v) is 6.00. The Bertz CT molecular complexity index is 1350. The molecule has 0 heterocycles. The minimum absolute atomic E-state index is 0.137. The lowest BCUT2D eigenvalue weighted by Crippen LogP contribution is -2.44. The number of fused-ring (bicyclic) bond motifs is 2. The van der Waals surface area contributed by atoms with Gasteiger partial charge in [-0.05, 0) is 116 Å². The molecule has 2 aliphatic carbocycles. The summed E-state index contributed by atoms with van der Waals surface area (Å²) in [4.78, 5) is 17.2. The number of rotatable bonds is 9. The van der Waals surface area contributed by atoms with Crippen LogP contribution in [-0.2, 0) is 6.42 Å². The highest BCUT2D eigenvalue weighted by molar-refractivity contribution is 7.80. The first-order valence-corrected chi connectivity index (χ1v) is 13.8. The lowest BCUT2D eigenvalue weighted by molar-refractivity contribution is 0.0696. The lowest BCUT2D eigenvalue weighted by atomic mass is 9.74. The maximum Gasteiger partial charge on any atom is 0.336 e. The van der Waals surface area contributed by atoms with Gasteiger partial charge in [0.1, 0.15) is 0 Å². The minimum Gasteiger partial charge on any atom is -0.478 e. The van der Waals surface area contributed by atoms with Gasteiger partial charge in [-0.1, -0.05) is 38.1 Å². The molecule has 2 aromatic carbocycles. The van der Waals surface area contributed by atoms with Crippen molar-refractivity contribution < 1.29 is 9.90 Å². The van der Waals surface area contributed by atoms with Crippen molar-refractivity contribution in [2.45, 2.75) is 46.6 Å². The first kappa shape index (κ1) is 27.6. The molecule has 0 saturated carbocycles. The monoisotopic (exact) mass is 530 g/mol. The molecule has 0 amide bonds. The van der Waals surface area contributed by atoms with Gasteiger partial charge >= 0.3 is 5.97 Å². The average molecular weight is 531 g/mol. The number of carbonyl (C=O) groups is 1. The van der Waals surface area contributed by atoms with Gasteiger partial charge in [-0.15, -0.1) is 0 Å². The molecule has 0 fully saturated rings. The molecule has 0 aromatic heterocycles. The minimum atomic E-state index is -0.972. The number of nitrogens with zero attached hydrogens (tertiary/aromatic N) is 2. The molecular formula is C31H38N4O2S. The second kappa shape index (κ2) is 11.1. The van der Waals surface area contributed by atoms with Crippen LogP contribution in [0, 0.1) is 0 Å². The largest absolute Gasteiger partial charge is 0.478 e. The summed E-state index contributed by atoms with van der Waals surface area (Å²) in [7, 11) is 0. The van der Waals surface area contributed by atoms with Gasteiger partial charge in [0.2, 0.25) is 0 Å². The van der Waals surface area contributed by atoms with Gasteiger partial charge in [0.25, 0.3) is 0 Å². The van der Waals surface area contributed by atoms with Gasteiger partial charge in [0.15, 0.2) is 5.11 Å². The Balaban J connectivity index is 2.01. The third kappa shape index (κ3) is 5.13. The van der Waals surface area contributed by atoms with Crippen LogP contribution in [0.25, 0.3) is 5.57 Å². The van der Waals surface area contributed by atoms with Gasteiger partial charge in [0, 0.05) is 24.5 Å². The summed E-state index contributed by atoms with van der Waals surface area (Å²) in [5.41, 5.74) is 13.7. The predicted octanol–water partition coefficient (Wildman–Crippen LogP) is 5.84. The molecule has 200 valence electrons. The molecule has 2 aromatic rings. The fourth-order valence-electron chi connectivity index (χ4n) is 5.88. The van der Waals surface area contributed by atoms with E-state index < -0.39 is 5.97 Å². The normalized spacial score (nSPS) is 18.1. The van der Waals surface area contributed by atoms with Crippen LogP contribution >= 0.6 is 12.2 Å². The lowest BCUT2D eigenvalue weighted by Gasteiger charge is -2.40. The molecular weight excluding hydrogens is 492 g/mol. The number of thiocarbonyl (C=S) groups is 1. The molecule has 2 aliphatic rings. The van der Waals surface area contributed by atoms with Crippen molar-refractivity contribution in [3.05, 3.63) is 88.0 Å². The standard InChI is InChI=1S/C31H38N4O2S/c1-6-34(7-2)23-11-13-24-20(17-23)16-21-19-31(5,35(8-3)9-4)15-14-25(21)28(24)27-18-22(33-30(32)38)10-12-26(27)29(36)37/h10-15,17-19H,6-9,16H2,1-5H3,(H,36,37)(H3,32,33,38). The summed E-state index contributed by atoms with van der Waals surface area (Å²) < 4.78 is 0. The van der Waals surface area contributed by atoms with E-state index in [1.54, 1.807) is 12.1 Å². The molecule has 0 bridgehead atoms. The summed E-state index contributed by atoms with van der Waals surface area (Å²) in [6.07, 6.45) is 7.58. The van der Waals surface area contributed by atoms with Crippen molar-refractivity contribution in [1.82, 2.24) is 4.90 Å². The van der Waals surface area contributed by atoms with Crippen LogP contribution in [0.4, 0.5) is 11.4 Å². The maximum absolute atomic E-state index is 12.4. The number of anilines is 2. The van der Waals surface area contributed by atoms with Crippen LogP contribution < -0.4 is 16.0 Å². The molecule has 0 aliphatic heterocycles. The second-order valence-corrected chi connectivity index (χ2v) is 10.4. The van der Waals surface area contributed by atoms with Crippen LogP contribution in [0.15, 0.2) is 65.8 Å². The molecule has 1 unspecified atom stereocenters. The molecule has 4 N–H and O–H groups in total. The van der Waals surface area contributed by atoms with Gasteiger partial charge in [-0.3, -0.25) is 4.90 Å². The van der Waals surface area contributed by atoms with E-state index in [1.165, 1.54) is 16.8 Å². The summed E-state index contributed by atoms with van der Waals surface area (Å²) in [6.45, 7) is 14.7. The van der Waals surface area contributed by atoms with Gasteiger partial charge in [0.05, 0.1) is 11.1 Å². The number of carboxylic acid groups (broad SMARTS) is 1. The highest BCUT2D eigenvalue weighted by atomic mass is 32.1. The Kier molecular flexibility index (Phi) is 8.09. The summed E-state index contributed by atoms with van der Waals surface area (Å²) in [5.74, 6) is -0.972. The van der Waals surface area contributed by atoms with Crippen LogP contribution in [0.2, 0.25) is 0 Å². The molecule has 4 rings (SSSR count). The fraction of sp³-hybridized carbons (Fsp3) is 0.355. The summed E-state index contributed by atoms with van der Waals surface area (Å²) in [6, 6.07) is 11.7. The van der Waals surface area contributed by atoms with E-state index in [0.29, 0.717) is 11.3 Å². The number of likely N-dealkylation sites (N-methyl/N-ethyl adjacent to an activating group) is 1. The number of allylic oxidation sites excluding steroid dienone is 3. The van der Waals surface area contributed by atoms with E-state index in [-0.39, 0.29) is 16.2 Å². The van der Waals surface area contributed by atoms with E-state index in [0.717, 1.165) is 49.3 Å². The van der Waals surface area contributed by atoms with Crippen molar-refractivity contribution in [2.24, 2.45) is 5.73 Å². The zero-order chi connectivity index (χ0) is 27.6. The Hall–Kier alpha value is -3.42. The zero-order valence-electron chi connectivity index (χ0n) is 23.0. The highest BCUT2D eigenvalue weighted by Crippen LogP contribution is 2.45. The number of benzene rings is 2. The van der Waals surface area contributed by atoms with Crippen LogP contribution in [0.1, 0.15) is 61.7 Å². The number of carboxylic acids is 1. The smallest absolute Gasteiger partial charge is 0.336 e. The molecule has 0 spiro atoms. The van der Waals surface area contributed by atoms with Crippen molar-refractivity contribution in [3.63, 3.8) is 0 Å². The highest BCUT2D eigenvalue weighted by Gasteiger charge is 2.33. The third-order valence-corrected chi connectivity index (χ3v) is 7.87. The predicted molar refractivity (Wildman–Crippen MR) is 162 cm³/mol. The molecule has 38 heavy (non-hydrogen) atoms. The van der Waals surface area contributed by atoms with Crippen molar-refractivity contribution in [2.75, 3.05) is 36.4 Å². The van der Waals surface area contributed by atoms with Crippen LogP contribution in [0.5, 0.6) is 0 Å². The van der Waals surface area contributed by atoms with Crippen molar-refractivity contribution in [1.29, 1.82) is 0 Å². The van der Waals surface area contributed by atoms with E-state index in [1.807, 2.05) is 6.07 Å². The van der Waals surface area contributed by atoms with Gasteiger partial charge in [-0.2, -0.15) is 0 Å². The topological polar surface area (TPSA) is 81.8 Å². The molecule has 7 heteroatoms. The van der Waals surface area contributed by atoms with Crippen LogP contribution in [-0.4, -0.2) is 52.8 Å². The molecule has 0 saturated heterocycles. The molecule has 1 atom stereocenters. The number of nitrogens with one attached hydrogen (secondary N) is 1. The Morgan fingerprint density at radius 2 is 1.76 bits per heavy atom. The van der Waals surface area contributed by atoms with E-state index in [4.69, 9.17) is 18.0 Å². The Morgan fingerprint density at radius 3 is 2.37 bits per heavy atom. The first-order chi connectivity index (χ1) is 18.1. The van der Waals surface area contributed by atoms with E-state index in [9.17, 15) is 9.90 Å². The second-order valence-electron chi connectivity index (χ2n) is 9.93. The van der Waals surface area contributed by atoms with Crippen molar-refractivity contribution in [3.8, 4) is 0 Å². The Morgan fingerprint density at radius 1 is 1.05 bits per heavy atom. The third-order valence-electron chi connectivity index (χ3n) is 7.77. The van der Waals surface area contributed by atoms with Crippen molar-refractivity contribution >= 4 is 40.2 Å². The van der Waals surface area contributed by atoms with Crippen LogP contribution in [0.3, 0.4) is 0 Å². The van der Waals surface area contributed by atoms with Gasteiger partial charge < -0.3 is 21.1 Å². The average Bonchev–Trinajstić information content (AvgIpc) is 2.88. The first-order valence-electron chi connectivity index (χ1n) is 13.4. The number of aromatic carboxylic acids is 1. The number of hydrogen-bond donors (Lipinski definition) is 3. The quantitative estimate of drug-likeness (QED) is 0.351. The number of hydrogen-bond acceptors (Lipinski definition) is 4. The SMILES string of the molecule is CCN(CC)c1ccc2c(c1)CC1=CC(C)(N(CC)CC)C=CC1=C2c1cc(NC(N)=S)ccc1C(=O)O. The summed E-state index contributed by atoms with van der Waals surface area (Å²) >= 11 is 5.06.